The van der Waals surface area contributed by atoms with E-state index in [9.17, 15) is 4.79 Å². The number of carbonyl (C=O) groups is 1. The molecular formula is C22H30N4O2. The average molecular weight is 383 g/mol. The van der Waals surface area contributed by atoms with Crippen molar-refractivity contribution in [2.45, 2.75) is 44.6 Å². The van der Waals surface area contributed by atoms with Crippen LogP contribution in [0.1, 0.15) is 48.2 Å². The molecule has 1 atom stereocenters. The molecule has 0 saturated carbocycles. The van der Waals surface area contributed by atoms with E-state index in [0.29, 0.717) is 24.9 Å². The molecule has 6 nitrogen and oxygen atoms in total. The fraction of sp³-hybridized carbons (Fsp3) is 0.545. The van der Waals surface area contributed by atoms with Crippen molar-refractivity contribution in [1.29, 1.82) is 0 Å². The monoisotopic (exact) mass is 382 g/mol. The van der Waals surface area contributed by atoms with Crippen molar-refractivity contribution in [3.8, 4) is 5.75 Å². The standard InChI is InChI=1S/C22H30N4O2/c27-22(21-16-23-17-24-21)26-11-4-14-28-20-7-3-5-18(15-20)8-9-19-6-1-2-10-25(19)12-13-26/h3,5,7,15-17,19H,1-2,4,6,8-14H2,(H,23,24). The van der Waals surface area contributed by atoms with Crippen molar-refractivity contribution in [2.75, 3.05) is 32.8 Å². The van der Waals surface area contributed by atoms with Gasteiger partial charge in [0.15, 0.2) is 0 Å². The van der Waals surface area contributed by atoms with Gasteiger partial charge in [0.2, 0.25) is 0 Å². The maximum Gasteiger partial charge on any atom is 0.271 e. The highest BCUT2D eigenvalue weighted by Gasteiger charge is 2.24. The summed E-state index contributed by atoms with van der Waals surface area (Å²) in [6, 6.07) is 9.09. The number of benzene rings is 1. The highest BCUT2D eigenvalue weighted by Crippen LogP contribution is 2.23. The minimum atomic E-state index is 0.0279. The zero-order valence-electron chi connectivity index (χ0n) is 16.5. The second-order valence-corrected chi connectivity index (χ2v) is 7.83. The number of nitrogens with one attached hydrogen (secondary N) is 1. The van der Waals surface area contributed by atoms with Crippen molar-refractivity contribution in [3.63, 3.8) is 0 Å². The number of piperidine rings is 1. The molecule has 1 aromatic carbocycles. The first kappa shape index (κ1) is 19.0. The Bertz CT molecular complexity index is 762. The van der Waals surface area contributed by atoms with Gasteiger partial charge >= 0.3 is 0 Å². The third-order valence-corrected chi connectivity index (χ3v) is 5.93. The van der Waals surface area contributed by atoms with Crippen LogP contribution in [0.25, 0.3) is 0 Å². The summed E-state index contributed by atoms with van der Waals surface area (Å²) >= 11 is 0. The van der Waals surface area contributed by atoms with Gasteiger partial charge in [-0.25, -0.2) is 4.98 Å². The summed E-state index contributed by atoms with van der Waals surface area (Å²) in [6.07, 6.45) is 10.0. The quantitative estimate of drug-likeness (QED) is 0.823. The summed E-state index contributed by atoms with van der Waals surface area (Å²) in [5.74, 6) is 0.960. The van der Waals surface area contributed by atoms with E-state index in [1.165, 1.54) is 24.8 Å². The first-order valence-corrected chi connectivity index (χ1v) is 10.5. The van der Waals surface area contributed by atoms with Crippen LogP contribution < -0.4 is 4.74 Å². The third-order valence-electron chi connectivity index (χ3n) is 5.93. The molecule has 150 valence electrons. The van der Waals surface area contributed by atoms with Crippen LogP contribution in [0.15, 0.2) is 36.8 Å². The third kappa shape index (κ3) is 4.73. The van der Waals surface area contributed by atoms with E-state index in [2.05, 4.69) is 33.1 Å². The van der Waals surface area contributed by atoms with Gasteiger partial charge in [-0.05, 0) is 56.3 Å². The van der Waals surface area contributed by atoms with Gasteiger partial charge < -0.3 is 14.6 Å². The Hall–Kier alpha value is -2.34. The summed E-state index contributed by atoms with van der Waals surface area (Å²) in [6.45, 7) is 4.13. The molecule has 6 heteroatoms. The molecule has 4 rings (SSSR count). The summed E-state index contributed by atoms with van der Waals surface area (Å²) in [4.78, 5) is 24.4. The number of carbonyl (C=O) groups excluding carboxylic acids is 1. The number of hydrogen-bond acceptors (Lipinski definition) is 4. The Labute approximate surface area is 166 Å². The Kier molecular flexibility index (Phi) is 6.27. The Morgan fingerprint density at radius 2 is 2.07 bits per heavy atom. The molecule has 1 amide bonds. The van der Waals surface area contributed by atoms with Gasteiger partial charge in [0.25, 0.3) is 5.91 Å². The minimum Gasteiger partial charge on any atom is -0.494 e. The minimum absolute atomic E-state index is 0.0279. The molecule has 1 unspecified atom stereocenters. The largest absolute Gasteiger partial charge is 0.494 e. The predicted molar refractivity (Wildman–Crippen MR) is 109 cm³/mol. The molecule has 2 aromatic rings. The van der Waals surface area contributed by atoms with Crippen molar-refractivity contribution >= 4 is 5.91 Å². The smallest absolute Gasteiger partial charge is 0.271 e. The number of ether oxygens (including phenoxy) is 1. The molecule has 28 heavy (non-hydrogen) atoms. The van der Waals surface area contributed by atoms with E-state index in [0.717, 1.165) is 44.6 Å². The fourth-order valence-electron chi connectivity index (χ4n) is 4.36. The lowest BCUT2D eigenvalue weighted by Crippen LogP contribution is -2.45. The molecule has 0 aliphatic carbocycles. The lowest BCUT2D eigenvalue weighted by molar-refractivity contribution is 0.0677. The molecule has 2 aliphatic heterocycles. The van der Waals surface area contributed by atoms with Gasteiger partial charge in [-0.15, -0.1) is 0 Å². The molecule has 1 saturated heterocycles. The lowest BCUT2D eigenvalue weighted by atomic mass is 9.95. The molecule has 2 bridgehead atoms. The normalized spacial score (nSPS) is 22.0. The number of aromatic nitrogens is 2. The van der Waals surface area contributed by atoms with Crippen LogP contribution in [0.2, 0.25) is 0 Å². The highest BCUT2D eigenvalue weighted by atomic mass is 16.5. The average Bonchev–Trinajstić information content (AvgIpc) is 3.26. The number of amides is 1. The van der Waals surface area contributed by atoms with E-state index in [1.807, 2.05) is 11.0 Å². The van der Waals surface area contributed by atoms with Crippen molar-refractivity contribution in [1.82, 2.24) is 19.8 Å². The SMILES string of the molecule is O=C(c1cnc[nH]1)N1CCCOc2cccc(c2)CCC2CCCCN2CC1. The van der Waals surface area contributed by atoms with Crippen molar-refractivity contribution in [2.24, 2.45) is 0 Å². The Morgan fingerprint density at radius 3 is 2.96 bits per heavy atom. The van der Waals surface area contributed by atoms with Gasteiger partial charge in [0, 0.05) is 25.7 Å². The Morgan fingerprint density at radius 1 is 1.11 bits per heavy atom. The summed E-state index contributed by atoms with van der Waals surface area (Å²) in [5, 5.41) is 0. The van der Waals surface area contributed by atoms with Gasteiger partial charge in [-0.3, -0.25) is 9.69 Å². The van der Waals surface area contributed by atoms with Gasteiger partial charge in [0.1, 0.15) is 11.4 Å². The number of hydrogen-bond donors (Lipinski definition) is 1. The number of H-pyrrole nitrogens is 1. The number of aromatic amines is 1. The molecule has 1 fully saturated rings. The lowest BCUT2D eigenvalue weighted by Gasteiger charge is -2.37. The summed E-state index contributed by atoms with van der Waals surface area (Å²) < 4.78 is 5.95. The second-order valence-electron chi connectivity index (χ2n) is 7.83. The first-order valence-electron chi connectivity index (χ1n) is 10.5. The van der Waals surface area contributed by atoms with Crippen LogP contribution >= 0.6 is 0 Å². The van der Waals surface area contributed by atoms with Crippen LogP contribution in [0.4, 0.5) is 0 Å². The van der Waals surface area contributed by atoms with Crippen LogP contribution in [-0.4, -0.2) is 64.5 Å². The van der Waals surface area contributed by atoms with E-state index in [4.69, 9.17) is 4.74 Å². The van der Waals surface area contributed by atoms with Crippen LogP contribution in [0, 0.1) is 0 Å². The number of fused-ring (bicyclic) bond motifs is 3. The topological polar surface area (TPSA) is 61.5 Å². The predicted octanol–water partition coefficient (Wildman–Crippen LogP) is 3.12. The zero-order valence-corrected chi connectivity index (χ0v) is 16.5. The van der Waals surface area contributed by atoms with Crippen molar-refractivity contribution in [3.05, 3.63) is 48.0 Å². The van der Waals surface area contributed by atoms with E-state index in [1.54, 1.807) is 12.5 Å². The van der Waals surface area contributed by atoms with Crippen LogP contribution in [-0.2, 0) is 6.42 Å². The molecule has 1 N–H and O–H groups in total. The van der Waals surface area contributed by atoms with Gasteiger partial charge in [0.05, 0.1) is 19.1 Å². The summed E-state index contributed by atoms with van der Waals surface area (Å²) in [7, 11) is 0. The highest BCUT2D eigenvalue weighted by molar-refractivity contribution is 5.92. The second kappa shape index (κ2) is 9.24. The maximum atomic E-state index is 12.9. The van der Waals surface area contributed by atoms with Crippen molar-refractivity contribution < 1.29 is 9.53 Å². The van der Waals surface area contributed by atoms with Crippen LogP contribution in [0.5, 0.6) is 5.75 Å². The van der Waals surface area contributed by atoms with E-state index >= 15 is 0 Å². The van der Waals surface area contributed by atoms with E-state index < -0.39 is 0 Å². The number of imidazole rings is 1. The summed E-state index contributed by atoms with van der Waals surface area (Å²) in [5.41, 5.74) is 1.92. The molecule has 2 aliphatic rings. The number of nitrogens with zero attached hydrogens (tertiary/aromatic N) is 3. The van der Waals surface area contributed by atoms with Gasteiger partial charge in [-0.2, -0.15) is 0 Å². The molecule has 3 heterocycles. The zero-order chi connectivity index (χ0) is 19.2. The van der Waals surface area contributed by atoms with Crippen LogP contribution in [0.3, 0.4) is 0 Å². The molecule has 0 radical (unpaired) electrons. The number of aryl methyl sites for hydroxylation is 1. The first-order chi connectivity index (χ1) is 13.8. The van der Waals surface area contributed by atoms with Gasteiger partial charge in [-0.1, -0.05) is 18.6 Å². The maximum absolute atomic E-state index is 12.9. The molecular weight excluding hydrogens is 352 g/mol. The number of rotatable bonds is 1. The molecule has 1 aromatic heterocycles. The van der Waals surface area contributed by atoms with E-state index in [-0.39, 0.29) is 5.91 Å². The fourth-order valence-corrected chi connectivity index (χ4v) is 4.36. The molecule has 0 spiro atoms. The Balaban J connectivity index is 1.51.